The second-order valence-corrected chi connectivity index (χ2v) is 4.62. The Balaban J connectivity index is 1.71. The molecule has 0 spiro atoms. The number of hydrogen-bond acceptors (Lipinski definition) is 2. The van der Waals surface area contributed by atoms with E-state index in [1.807, 2.05) is 30.6 Å². The van der Waals surface area contributed by atoms with Crippen LogP contribution in [-0.2, 0) is 13.1 Å². The van der Waals surface area contributed by atoms with Crippen molar-refractivity contribution in [1.29, 1.82) is 0 Å². The van der Waals surface area contributed by atoms with Crippen LogP contribution in [-0.4, -0.2) is 15.0 Å². The lowest BCUT2D eigenvalue weighted by Crippen LogP contribution is -2.12. The number of H-pyrrole nitrogens is 2. The lowest BCUT2D eigenvalue weighted by molar-refractivity contribution is 0.685. The van der Waals surface area contributed by atoms with Crippen LogP contribution in [0.15, 0.2) is 36.9 Å². The largest absolute Gasteiger partial charge is 0.361 e. The van der Waals surface area contributed by atoms with E-state index in [0.717, 1.165) is 29.3 Å². The van der Waals surface area contributed by atoms with E-state index in [0.29, 0.717) is 0 Å². The summed E-state index contributed by atoms with van der Waals surface area (Å²) < 4.78 is 0. The minimum absolute atomic E-state index is 0.751. The van der Waals surface area contributed by atoms with Gasteiger partial charge in [-0.05, 0) is 17.7 Å². The number of hydrogen-bond donors (Lipinski definition) is 3. The van der Waals surface area contributed by atoms with E-state index in [1.165, 1.54) is 10.9 Å². The van der Waals surface area contributed by atoms with E-state index >= 15 is 0 Å². The Labute approximate surface area is 109 Å². The van der Waals surface area contributed by atoms with Gasteiger partial charge >= 0.3 is 0 Å². The van der Waals surface area contributed by atoms with Crippen molar-refractivity contribution in [2.45, 2.75) is 13.1 Å². The molecule has 1 aromatic carbocycles. The molecule has 0 aliphatic carbocycles. The van der Waals surface area contributed by atoms with Crippen LogP contribution in [0.5, 0.6) is 0 Å². The zero-order chi connectivity index (χ0) is 12.4. The molecule has 5 heteroatoms. The highest BCUT2D eigenvalue weighted by Gasteiger charge is 2.03. The molecule has 0 saturated heterocycles. The fourth-order valence-electron chi connectivity index (χ4n) is 2.02. The predicted molar refractivity (Wildman–Crippen MR) is 72.4 cm³/mol. The fraction of sp³-hybridized carbons (Fsp3) is 0.154. The Kier molecular flexibility index (Phi) is 3.04. The van der Waals surface area contributed by atoms with E-state index in [4.69, 9.17) is 11.6 Å². The molecule has 0 unspecified atom stereocenters. The summed E-state index contributed by atoms with van der Waals surface area (Å²) in [6, 6.07) is 5.90. The second-order valence-electron chi connectivity index (χ2n) is 4.18. The molecule has 18 heavy (non-hydrogen) atoms. The van der Waals surface area contributed by atoms with Gasteiger partial charge in [0.25, 0.3) is 0 Å². The Morgan fingerprint density at radius 1 is 1.22 bits per heavy atom. The molecule has 0 bridgehead atoms. The molecule has 4 nitrogen and oxygen atoms in total. The Morgan fingerprint density at radius 2 is 2.17 bits per heavy atom. The molecule has 0 amide bonds. The second kappa shape index (κ2) is 4.84. The molecular weight excluding hydrogens is 248 g/mol. The van der Waals surface area contributed by atoms with Crippen LogP contribution >= 0.6 is 11.6 Å². The fourth-order valence-corrected chi connectivity index (χ4v) is 2.19. The first-order valence-corrected chi connectivity index (χ1v) is 6.14. The molecule has 3 aromatic rings. The van der Waals surface area contributed by atoms with Gasteiger partial charge in [0.1, 0.15) is 0 Å². The highest BCUT2D eigenvalue weighted by molar-refractivity contribution is 6.31. The van der Waals surface area contributed by atoms with Crippen LogP contribution in [0.3, 0.4) is 0 Å². The molecule has 0 aliphatic rings. The average Bonchev–Trinajstić information content (AvgIpc) is 2.99. The maximum Gasteiger partial charge on any atom is 0.0922 e. The van der Waals surface area contributed by atoms with Gasteiger partial charge in [-0.3, -0.25) is 0 Å². The van der Waals surface area contributed by atoms with Crippen LogP contribution in [0.1, 0.15) is 11.3 Å². The quantitative estimate of drug-likeness (QED) is 0.676. The minimum Gasteiger partial charge on any atom is -0.361 e. The van der Waals surface area contributed by atoms with Gasteiger partial charge in [-0.25, -0.2) is 4.98 Å². The first kappa shape index (κ1) is 11.3. The minimum atomic E-state index is 0.751. The third-order valence-electron chi connectivity index (χ3n) is 2.92. The number of fused-ring (bicyclic) bond motifs is 1. The molecule has 0 atom stereocenters. The normalized spacial score (nSPS) is 11.2. The Morgan fingerprint density at radius 3 is 3.00 bits per heavy atom. The van der Waals surface area contributed by atoms with E-state index in [1.54, 1.807) is 6.33 Å². The van der Waals surface area contributed by atoms with Gasteiger partial charge in [-0.1, -0.05) is 17.7 Å². The van der Waals surface area contributed by atoms with Crippen LogP contribution in [0, 0.1) is 0 Å². The SMILES string of the molecule is Clc1ccc2c(CNCc3cnc[nH]3)c[nH]c2c1. The average molecular weight is 261 g/mol. The van der Waals surface area contributed by atoms with Gasteiger partial charge < -0.3 is 15.3 Å². The lowest BCUT2D eigenvalue weighted by atomic mass is 10.2. The first-order chi connectivity index (χ1) is 8.83. The first-order valence-electron chi connectivity index (χ1n) is 5.76. The van der Waals surface area contributed by atoms with Crippen molar-refractivity contribution < 1.29 is 0 Å². The predicted octanol–water partition coefficient (Wildman–Crippen LogP) is 2.83. The van der Waals surface area contributed by atoms with E-state index in [9.17, 15) is 0 Å². The molecule has 3 rings (SSSR count). The highest BCUT2D eigenvalue weighted by atomic mass is 35.5. The van der Waals surface area contributed by atoms with Crippen LogP contribution in [0.2, 0.25) is 5.02 Å². The lowest BCUT2D eigenvalue weighted by Gasteiger charge is -2.02. The number of rotatable bonds is 4. The summed E-state index contributed by atoms with van der Waals surface area (Å²) in [5.74, 6) is 0. The van der Waals surface area contributed by atoms with Gasteiger partial charge in [0, 0.05) is 47.1 Å². The molecule has 0 radical (unpaired) electrons. The van der Waals surface area contributed by atoms with Gasteiger partial charge in [-0.15, -0.1) is 0 Å². The summed E-state index contributed by atoms with van der Waals surface area (Å²) in [7, 11) is 0. The van der Waals surface area contributed by atoms with Gasteiger partial charge in [-0.2, -0.15) is 0 Å². The standard InChI is InChI=1S/C13H13ClN4/c14-10-1-2-12-9(5-17-13(12)3-10)4-15-6-11-7-16-8-18-11/h1-3,5,7-8,15,17H,4,6H2,(H,16,18). The van der Waals surface area contributed by atoms with Gasteiger partial charge in [0.05, 0.1) is 6.33 Å². The summed E-state index contributed by atoms with van der Waals surface area (Å²) >= 11 is 5.95. The van der Waals surface area contributed by atoms with Crippen LogP contribution in [0.4, 0.5) is 0 Å². The van der Waals surface area contributed by atoms with Crippen molar-refractivity contribution in [1.82, 2.24) is 20.3 Å². The number of aromatic amines is 2. The van der Waals surface area contributed by atoms with Crippen molar-refractivity contribution in [3.8, 4) is 0 Å². The number of nitrogens with one attached hydrogen (secondary N) is 3. The monoisotopic (exact) mass is 260 g/mol. The molecule has 0 aliphatic heterocycles. The smallest absolute Gasteiger partial charge is 0.0922 e. The molecule has 92 valence electrons. The highest BCUT2D eigenvalue weighted by Crippen LogP contribution is 2.21. The van der Waals surface area contributed by atoms with Crippen molar-refractivity contribution in [2.75, 3.05) is 0 Å². The zero-order valence-electron chi connectivity index (χ0n) is 9.70. The number of benzene rings is 1. The van der Waals surface area contributed by atoms with E-state index < -0.39 is 0 Å². The third-order valence-corrected chi connectivity index (χ3v) is 3.15. The maximum atomic E-state index is 5.95. The summed E-state index contributed by atoms with van der Waals surface area (Å²) in [5.41, 5.74) is 3.39. The summed E-state index contributed by atoms with van der Waals surface area (Å²) in [4.78, 5) is 10.3. The van der Waals surface area contributed by atoms with Crippen LogP contribution in [0.25, 0.3) is 10.9 Å². The summed E-state index contributed by atoms with van der Waals surface area (Å²) in [6.07, 6.45) is 5.52. The van der Waals surface area contributed by atoms with Gasteiger partial charge in [0.15, 0.2) is 0 Å². The summed E-state index contributed by atoms with van der Waals surface area (Å²) in [6.45, 7) is 1.58. The summed E-state index contributed by atoms with van der Waals surface area (Å²) in [5, 5.41) is 5.33. The number of aromatic nitrogens is 3. The topological polar surface area (TPSA) is 56.5 Å². The van der Waals surface area contributed by atoms with Crippen molar-refractivity contribution in [3.05, 3.63) is 53.2 Å². The molecule has 2 aromatic heterocycles. The van der Waals surface area contributed by atoms with Crippen molar-refractivity contribution >= 4 is 22.5 Å². The molecular formula is C13H13ClN4. The number of imidazole rings is 1. The van der Waals surface area contributed by atoms with Crippen molar-refractivity contribution in [3.63, 3.8) is 0 Å². The van der Waals surface area contributed by atoms with Crippen LogP contribution < -0.4 is 5.32 Å². The van der Waals surface area contributed by atoms with Crippen molar-refractivity contribution in [2.24, 2.45) is 0 Å². The molecule has 2 heterocycles. The number of halogens is 1. The number of nitrogens with zero attached hydrogens (tertiary/aromatic N) is 1. The zero-order valence-corrected chi connectivity index (χ0v) is 10.5. The maximum absolute atomic E-state index is 5.95. The van der Waals surface area contributed by atoms with Gasteiger partial charge in [0.2, 0.25) is 0 Å². The Bertz CT molecular complexity index is 642. The molecule has 0 fully saturated rings. The third kappa shape index (κ3) is 2.25. The van der Waals surface area contributed by atoms with E-state index in [2.05, 4.69) is 20.3 Å². The Hall–Kier alpha value is -1.78. The molecule has 0 saturated carbocycles. The van der Waals surface area contributed by atoms with E-state index in [-0.39, 0.29) is 0 Å². The molecule has 3 N–H and O–H groups in total.